The molecule has 0 aliphatic carbocycles. The van der Waals surface area contributed by atoms with Crippen molar-refractivity contribution in [1.29, 1.82) is 0 Å². The van der Waals surface area contributed by atoms with Crippen molar-refractivity contribution in [1.82, 2.24) is 4.90 Å². The summed E-state index contributed by atoms with van der Waals surface area (Å²) < 4.78 is 0. The van der Waals surface area contributed by atoms with Gasteiger partial charge in [0.1, 0.15) is 0 Å². The number of hydrogen-bond acceptors (Lipinski definition) is 2. The Kier molecular flexibility index (Phi) is 2.60. The van der Waals surface area contributed by atoms with Crippen molar-refractivity contribution in [2.75, 3.05) is 6.54 Å². The van der Waals surface area contributed by atoms with Crippen LogP contribution in [0.3, 0.4) is 0 Å². The first-order chi connectivity index (χ1) is 6.00. The number of likely N-dealkylation sites (tertiary alicyclic amines) is 1. The van der Waals surface area contributed by atoms with E-state index in [9.17, 15) is 4.79 Å². The van der Waals surface area contributed by atoms with Gasteiger partial charge in [0.2, 0.25) is 0 Å². The predicted octanol–water partition coefficient (Wildman–Crippen LogP) is -0.599. The second-order valence-electron chi connectivity index (χ2n) is 3.23. The first-order valence-corrected chi connectivity index (χ1v) is 4.09. The molecule has 0 spiro atoms. The summed E-state index contributed by atoms with van der Waals surface area (Å²) in [5.41, 5.74) is 10.4. The predicted molar refractivity (Wildman–Crippen MR) is 48.4 cm³/mol. The number of guanidine groups is 1. The second-order valence-corrected chi connectivity index (χ2v) is 3.23. The lowest BCUT2D eigenvalue weighted by atomic mass is 10.2. The van der Waals surface area contributed by atoms with Crippen LogP contribution in [0.5, 0.6) is 0 Å². The summed E-state index contributed by atoms with van der Waals surface area (Å²) in [4.78, 5) is 15.9. The molecular formula is C7H14N4O2. The molecule has 1 saturated heterocycles. The molecule has 0 aromatic heterocycles. The van der Waals surface area contributed by atoms with E-state index in [4.69, 9.17) is 16.6 Å². The Morgan fingerprint density at radius 3 is 2.62 bits per heavy atom. The van der Waals surface area contributed by atoms with E-state index in [1.165, 1.54) is 4.90 Å². The summed E-state index contributed by atoms with van der Waals surface area (Å²) in [6.07, 6.45) is -0.231. The highest BCUT2D eigenvalue weighted by atomic mass is 16.4. The number of nitrogens with two attached hydrogens (primary N) is 2. The Morgan fingerprint density at radius 2 is 2.23 bits per heavy atom. The smallest absolute Gasteiger partial charge is 0.407 e. The Hall–Kier alpha value is -1.46. The van der Waals surface area contributed by atoms with Crippen molar-refractivity contribution in [2.45, 2.75) is 25.4 Å². The molecule has 1 fully saturated rings. The fourth-order valence-electron chi connectivity index (χ4n) is 1.57. The summed E-state index contributed by atoms with van der Waals surface area (Å²) in [6, 6.07) is -0.0956. The maximum Gasteiger partial charge on any atom is 0.407 e. The van der Waals surface area contributed by atoms with Gasteiger partial charge < -0.3 is 21.5 Å². The van der Waals surface area contributed by atoms with Crippen molar-refractivity contribution in [3.63, 3.8) is 0 Å². The molecule has 0 radical (unpaired) electrons. The van der Waals surface area contributed by atoms with E-state index < -0.39 is 6.09 Å². The van der Waals surface area contributed by atoms with Crippen LogP contribution < -0.4 is 11.5 Å². The monoisotopic (exact) mass is 186 g/mol. The van der Waals surface area contributed by atoms with Gasteiger partial charge in [-0.3, -0.25) is 0 Å². The van der Waals surface area contributed by atoms with Crippen molar-refractivity contribution in [3.05, 3.63) is 0 Å². The zero-order chi connectivity index (χ0) is 10.0. The van der Waals surface area contributed by atoms with E-state index in [0.29, 0.717) is 13.0 Å². The molecule has 0 aromatic rings. The van der Waals surface area contributed by atoms with Crippen molar-refractivity contribution >= 4 is 12.1 Å². The van der Waals surface area contributed by atoms with E-state index in [1.807, 2.05) is 6.92 Å². The van der Waals surface area contributed by atoms with Crippen molar-refractivity contribution in [2.24, 2.45) is 16.5 Å². The van der Waals surface area contributed by atoms with Crippen LogP contribution in [0.25, 0.3) is 0 Å². The number of carbonyl (C=O) groups is 1. The minimum absolute atomic E-state index is 0.00870. The number of amides is 1. The lowest BCUT2D eigenvalue weighted by Crippen LogP contribution is -2.33. The van der Waals surface area contributed by atoms with Crippen LogP contribution in [0, 0.1) is 0 Å². The molecule has 1 rings (SSSR count). The first-order valence-electron chi connectivity index (χ1n) is 4.09. The van der Waals surface area contributed by atoms with E-state index >= 15 is 0 Å². The van der Waals surface area contributed by atoms with Crippen molar-refractivity contribution in [3.8, 4) is 0 Å². The third-order valence-corrected chi connectivity index (χ3v) is 2.13. The van der Waals surface area contributed by atoms with Gasteiger partial charge in [0.05, 0.1) is 6.04 Å². The van der Waals surface area contributed by atoms with Crippen LogP contribution in [0.4, 0.5) is 4.79 Å². The molecule has 1 aliphatic rings. The standard InChI is InChI=1S/C7H14N4O2/c1-4-2-5(10-6(8)9)3-11(4)7(12)13/h4-5H,2-3H2,1H3,(H,12,13)(H4,8,9,10)/t4?,5-/m1/s1. The maximum absolute atomic E-state index is 10.7. The molecule has 5 N–H and O–H groups in total. The van der Waals surface area contributed by atoms with Gasteiger partial charge in [-0.25, -0.2) is 9.79 Å². The maximum atomic E-state index is 10.7. The summed E-state index contributed by atoms with van der Waals surface area (Å²) in [7, 11) is 0. The third kappa shape index (κ3) is 2.24. The molecule has 1 unspecified atom stereocenters. The third-order valence-electron chi connectivity index (χ3n) is 2.13. The van der Waals surface area contributed by atoms with E-state index in [1.54, 1.807) is 0 Å². The highest BCUT2D eigenvalue weighted by molar-refractivity contribution is 5.76. The topological polar surface area (TPSA) is 105 Å². The Balaban J connectivity index is 2.60. The van der Waals surface area contributed by atoms with Gasteiger partial charge >= 0.3 is 6.09 Å². The highest BCUT2D eigenvalue weighted by Gasteiger charge is 2.31. The molecule has 2 atom stereocenters. The molecule has 0 bridgehead atoms. The summed E-state index contributed by atoms with van der Waals surface area (Å²) in [5, 5.41) is 8.75. The number of nitrogens with zero attached hydrogens (tertiary/aromatic N) is 2. The molecule has 6 nitrogen and oxygen atoms in total. The van der Waals surface area contributed by atoms with E-state index in [-0.39, 0.29) is 18.0 Å². The molecular weight excluding hydrogens is 172 g/mol. The minimum atomic E-state index is -0.916. The van der Waals surface area contributed by atoms with Gasteiger partial charge in [-0.05, 0) is 13.3 Å². The Morgan fingerprint density at radius 1 is 1.62 bits per heavy atom. The van der Waals surface area contributed by atoms with Gasteiger partial charge in [0, 0.05) is 12.6 Å². The lowest BCUT2D eigenvalue weighted by molar-refractivity contribution is 0.143. The Labute approximate surface area is 76.2 Å². The van der Waals surface area contributed by atoms with E-state index in [2.05, 4.69) is 4.99 Å². The lowest BCUT2D eigenvalue weighted by Gasteiger charge is -2.15. The van der Waals surface area contributed by atoms with Gasteiger partial charge in [-0.2, -0.15) is 0 Å². The van der Waals surface area contributed by atoms with Gasteiger partial charge in [0.25, 0.3) is 0 Å². The first kappa shape index (κ1) is 9.63. The van der Waals surface area contributed by atoms with Crippen molar-refractivity contribution < 1.29 is 9.90 Å². The average molecular weight is 186 g/mol. The molecule has 6 heteroatoms. The summed E-state index contributed by atoms with van der Waals surface area (Å²) in [5.74, 6) is 0.0180. The van der Waals surface area contributed by atoms with Crippen LogP contribution in [-0.4, -0.2) is 40.7 Å². The van der Waals surface area contributed by atoms with Crippen LogP contribution in [0.1, 0.15) is 13.3 Å². The van der Waals surface area contributed by atoms with Crippen LogP contribution in [0.2, 0.25) is 0 Å². The summed E-state index contributed by atoms with van der Waals surface area (Å²) in [6.45, 7) is 2.23. The normalized spacial score (nSPS) is 27.3. The second kappa shape index (κ2) is 3.51. The number of rotatable bonds is 1. The molecule has 0 saturated carbocycles. The molecule has 1 amide bonds. The van der Waals surface area contributed by atoms with Crippen LogP contribution in [0.15, 0.2) is 4.99 Å². The average Bonchev–Trinajstić information content (AvgIpc) is 2.29. The Bertz CT molecular complexity index is 237. The zero-order valence-electron chi connectivity index (χ0n) is 7.47. The highest BCUT2D eigenvalue weighted by Crippen LogP contribution is 2.19. The van der Waals surface area contributed by atoms with Crippen LogP contribution >= 0.6 is 0 Å². The molecule has 0 aromatic carbocycles. The number of carboxylic acid groups (broad SMARTS) is 1. The SMILES string of the molecule is CC1C[C@@H](N=C(N)N)CN1C(=O)O. The van der Waals surface area contributed by atoms with Gasteiger partial charge in [-0.1, -0.05) is 0 Å². The zero-order valence-corrected chi connectivity index (χ0v) is 7.47. The molecule has 13 heavy (non-hydrogen) atoms. The number of aliphatic imine (C=N–C) groups is 1. The number of hydrogen-bond donors (Lipinski definition) is 3. The summed E-state index contributed by atoms with van der Waals surface area (Å²) >= 11 is 0. The van der Waals surface area contributed by atoms with Gasteiger partial charge in [-0.15, -0.1) is 0 Å². The van der Waals surface area contributed by atoms with Gasteiger partial charge in [0.15, 0.2) is 5.96 Å². The largest absolute Gasteiger partial charge is 0.465 e. The minimum Gasteiger partial charge on any atom is -0.465 e. The fourth-order valence-corrected chi connectivity index (χ4v) is 1.57. The molecule has 74 valence electrons. The quantitative estimate of drug-likeness (QED) is 0.375. The molecule has 1 aliphatic heterocycles. The molecule has 1 heterocycles. The van der Waals surface area contributed by atoms with E-state index in [0.717, 1.165) is 0 Å². The van der Waals surface area contributed by atoms with Crippen LogP contribution in [-0.2, 0) is 0 Å². The fraction of sp³-hybridized carbons (Fsp3) is 0.714.